The van der Waals surface area contributed by atoms with Crippen molar-refractivity contribution in [1.82, 2.24) is 9.21 Å². The molecule has 2 unspecified atom stereocenters. The van der Waals surface area contributed by atoms with Crippen molar-refractivity contribution >= 4 is 27.8 Å². The zero-order chi connectivity index (χ0) is 31.3. The number of allylic oxidation sites excluding steroid dienone is 4. The summed E-state index contributed by atoms with van der Waals surface area (Å²) in [5, 5.41) is 20.3. The minimum absolute atomic E-state index is 0.130. The molecule has 12 nitrogen and oxygen atoms in total. The second-order valence-electron chi connectivity index (χ2n) is 13.8. The maximum Gasteiger partial charge on any atom is 0.352 e. The Morgan fingerprint density at radius 1 is 1.09 bits per heavy atom. The molecule has 0 aromatic carbocycles. The Labute approximate surface area is 257 Å². The minimum atomic E-state index is -3.91. The predicted molar refractivity (Wildman–Crippen MR) is 159 cm³/mol. The minimum Gasteiger partial charge on any atom is -0.477 e. The van der Waals surface area contributed by atoms with E-state index >= 15 is 0 Å². The van der Waals surface area contributed by atoms with Gasteiger partial charge in [0.05, 0.1) is 35.6 Å². The number of carboxylic acids is 1. The average Bonchev–Trinajstić information content (AvgIpc) is 3.34. The molecule has 236 valence electrons. The third-order valence-corrected chi connectivity index (χ3v) is 13.6. The van der Waals surface area contributed by atoms with Gasteiger partial charge in [-0.05, 0) is 29.7 Å². The van der Waals surface area contributed by atoms with Gasteiger partial charge in [0.2, 0.25) is 15.9 Å². The molecule has 8 aliphatic rings. The molecule has 2 aliphatic carbocycles. The van der Waals surface area contributed by atoms with Crippen LogP contribution in [-0.4, -0.2) is 132 Å². The maximum atomic E-state index is 14.0. The third-order valence-electron chi connectivity index (χ3n) is 11.7. The molecule has 13 heteroatoms. The monoisotopic (exact) mass is 627 g/mol. The molecule has 2 amide bonds. The number of nitrogens with two attached hydrogens (primary N) is 1. The highest BCUT2D eigenvalue weighted by molar-refractivity contribution is 7.93. The number of sulfonamides is 1. The number of primary amides is 1. The van der Waals surface area contributed by atoms with Crippen LogP contribution in [0.25, 0.3) is 0 Å². The van der Waals surface area contributed by atoms with Gasteiger partial charge in [0, 0.05) is 24.8 Å². The van der Waals surface area contributed by atoms with Crippen LogP contribution in [0.15, 0.2) is 57.7 Å². The van der Waals surface area contributed by atoms with Crippen molar-refractivity contribution in [3.63, 3.8) is 0 Å². The number of amides is 2. The number of aliphatic hydroxyl groups excluding tert-OH is 1. The van der Waals surface area contributed by atoms with Gasteiger partial charge in [-0.2, -0.15) is 4.31 Å². The Kier molecular flexibility index (Phi) is 6.69. The molecule has 5 saturated heterocycles. The van der Waals surface area contributed by atoms with Crippen LogP contribution in [-0.2, 0) is 24.4 Å². The number of hydrogen-bond donors (Lipinski definition) is 3. The fourth-order valence-electron chi connectivity index (χ4n) is 9.13. The number of β-lactam (4-membered cyclic amide) rings is 1. The maximum absolute atomic E-state index is 14.0. The molecule has 44 heavy (non-hydrogen) atoms. The Balaban J connectivity index is 1.11. The van der Waals surface area contributed by atoms with E-state index in [0.29, 0.717) is 17.0 Å². The highest BCUT2D eigenvalue weighted by Gasteiger charge is 2.61. The fourth-order valence-corrected chi connectivity index (χ4v) is 11.1. The first kappa shape index (κ1) is 29.6. The van der Waals surface area contributed by atoms with Crippen molar-refractivity contribution < 1.29 is 42.0 Å². The fraction of sp³-hybridized carbons (Fsp3) is 0.581. The summed E-state index contributed by atoms with van der Waals surface area (Å²) < 4.78 is 31.2. The Bertz CT molecular complexity index is 1600. The molecule has 6 atom stereocenters. The van der Waals surface area contributed by atoms with Crippen LogP contribution in [0.1, 0.15) is 20.3 Å². The van der Waals surface area contributed by atoms with E-state index < -0.39 is 51.9 Å². The lowest BCUT2D eigenvalue weighted by molar-refractivity contribution is -1.08. The molecule has 6 aliphatic heterocycles. The molecular formula is C31H41N5O7S+2. The number of piperazine rings is 3. The zero-order valence-corrected chi connectivity index (χ0v) is 25.9. The first-order valence-corrected chi connectivity index (χ1v) is 17.0. The highest BCUT2D eigenvalue weighted by atomic mass is 32.2. The van der Waals surface area contributed by atoms with Gasteiger partial charge in [-0.1, -0.05) is 31.2 Å². The van der Waals surface area contributed by atoms with Crippen LogP contribution in [0.3, 0.4) is 0 Å². The molecule has 2 bridgehead atoms. The molecule has 4 N–H and O–H groups in total. The van der Waals surface area contributed by atoms with Gasteiger partial charge in [-0.15, -0.1) is 0 Å². The Hall–Kier alpha value is -3.10. The molecule has 0 saturated carbocycles. The number of fused-ring (bicyclic) bond motifs is 4. The van der Waals surface area contributed by atoms with Crippen LogP contribution < -0.4 is 5.73 Å². The number of carboxylic acid groups (broad SMARTS) is 1. The van der Waals surface area contributed by atoms with Crippen molar-refractivity contribution in [1.29, 1.82) is 0 Å². The topological polar surface area (TPSA) is 158 Å². The largest absolute Gasteiger partial charge is 0.477 e. The number of hydrogen-bond acceptors (Lipinski definition) is 6. The molecule has 0 radical (unpaired) electrons. The van der Waals surface area contributed by atoms with Crippen LogP contribution in [0.2, 0.25) is 0 Å². The Morgan fingerprint density at radius 2 is 1.75 bits per heavy atom. The van der Waals surface area contributed by atoms with Crippen molar-refractivity contribution in [2.75, 3.05) is 58.9 Å². The number of quaternary nitrogens is 2. The van der Waals surface area contributed by atoms with Crippen molar-refractivity contribution in [2.45, 2.75) is 38.5 Å². The summed E-state index contributed by atoms with van der Waals surface area (Å²) in [6.07, 6.45) is 9.33. The molecule has 6 heterocycles. The van der Waals surface area contributed by atoms with Gasteiger partial charge in [-0.3, -0.25) is 9.59 Å². The first-order valence-electron chi connectivity index (χ1n) is 15.6. The van der Waals surface area contributed by atoms with E-state index in [2.05, 4.69) is 0 Å². The smallest absolute Gasteiger partial charge is 0.352 e. The van der Waals surface area contributed by atoms with Crippen LogP contribution in [0.5, 0.6) is 0 Å². The summed E-state index contributed by atoms with van der Waals surface area (Å²) in [7, 11) is -3.91. The number of aliphatic carboxylic acids is 1. The molecule has 5 fully saturated rings. The third kappa shape index (κ3) is 4.16. The molecule has 8 rings (SSSR count). The number of aliphatic hydroxyl groups is 1. The molecule has 0 spiro atoms. The van der Waals surface area contributed by atoms with E-state index in [1.165, 1.54) is 16.1 Å². The standard InChI is InChI=1S/C31H39N5O7S/c1-18-22(29(31(40)41)34-28(18)26(19(2)37)30(34)39)16-33-23-5-3-4-21-20(6-7-24(27(21)23)44(33,42)43)8-9-35-10-13-36(14-11-35,15-12-35)17-25(32)38/h3-7,18-19,23,26-28,37H,8-17H2,1-2H3,(H-2,32,38,40,41)/p+2/t18-,19+,23?,26+,27?,28+,35?,36?/m0/s1. The summed E-state index contributed by atoms with van der Waals surface area (Å²) in [5.74, 6) is -3.44. The van der Waals surface area contributed by atoms with E-state index in [9.17, 15) is 33.0 Å². The number of rotatable bonds is 9. The van der Waals surface area contributed by atoms with Gasteiger partial charge in [0.1, 0.15) is 45.0 Å². The van der Waals surface area contributed by atoms with Gasteiger partial charge in [0.25, 0.3) is 5.91 Å². The number of carbonyl (C=O) groups is 3. The van der Waals surface area contributed by atoms with Gasteiger partial charge in [0.15, 0.2) is 6.54 Å². The SMILES string of the molecule is C[C@@H](O)[C@H]1C(=O)N2C(C(=O)O)=C(CN3C4C=CC=C5C(CC[N+]67CC[N+](CC(N)=O)(CC6)CC7)=CC=C(C54)S3(=O)=O)[C@H](C)[C@H]12. The van der Waals surface area contributed by atoms with Crippen LogP contribution in [0, 0.1) is 17.8 Å². The lowest BCUT2D eigenvalue weighted by atomic mass is 9.77. The average molecular weight is 628 g/mol. The van der Waals surface area contributed by atoms with Crippen LogP contribution >= 0.6 is 0 Å². The van der Waals surface area contributed by atoms with E-state index in [1.54, 1.807) is 6.08 Å². The van der Waals surface area contributed by atoms with Gasteiger partial charge >= 0.3 is 5.97 Å². The summed E-state index contributed by atoms with van der Waals surface area (Å²) in [4.78, 5) is 38.4. The summed E-state index contributed by atoms with van der Waals surface area (Å²) in [5.41, 5.74) is 7.89. The highest BCUT2D eigenvalue weighted by Crippen LogP contribution is 2.51. The first-order chi connectivity index (χ1) is 20.8. The summed E-state index contributed by atoms with van der Waals surface area (Å²) >= 11 is 0. The van der Waals surface area contributed by atoms with Crippen LogP contribution in [0.4, 0.5) is 0 Å². The lowest BCUT2D eigenvalue weighted by Gasteiger charge is -2.55. The lowest BCUT2D eigenvalue weighted by Crippen LogP contribution is -2.76. The quantitative estimate of drug-likeness (QED) is 0.233. The zero-order valence-electron chi connectivity index (χ0n) is 25.1. The van der Waals surface area contributed by atoms with E-state index in [1.807, 2.05) is 31.2 Å². The van der Waals surface area contributed by atoms with Crippen molar-refractivity contribution in [2.24, 2.45) is 23.5 Å². The van der Waals surface area contributed by atoms with Crippen molar-refractivity contribution in [3.05, 3.63) is 57.7 Å². The van der Waals surface area contributed by atoms with Gasteiger partial charge in [-0.25, -0.2) is 13.2 Å². The van der Waals surface area contributed by atoms with Gasteiger partial charge < -0.3 is 29.8 Å². The molecular weight excluding hydrogens is 586 g/mol. The summed E-state index contributed by atoms with van der Waals surface area (Å²) in [6, 6.07) is -0.997. The van der Waals surface area contributed by atoms with E-state index in [4.69, 9.17) is 5.73 Å². The van der Waals surface area contributed by atoms with E-state index in [0.717, 1.165) is 72.3 Å². The normalized spacial score (nSPS) is 38.9. The summed E-state index contributed by atoms with van der Waals surface area (Å²) in [6.45, 7) is 10.4. The van der Waals surface area contributed by atoms with Crippen molar-refractivity contribution in [3.8, 4) is 0 Å². The predicted octanol–water partition coefficient (Wildman–Crippen LogP) is -0.331. The molecule has 0 aromatic heterocycles. The Morgan fingerprint density at radius 3 is 2.36 bits per heavy atom. The second-order valence-corrected chi connectivity index (χ2v) is 15.7. The molecule has 0 aromatic rings. The van der Waals surface area contributed by atoms with E-state index in [-0.39, 0.29) is 24.1 Å². The second kappa shape index (κ2) is 9.95. The number of carbonyl (C=O) groups excluding carboxylic acids is 2. The number of nitrogens with zero attached hydrogens (tertiary/aromatic N) is 4.